The number of urea groups is 1. The number of fused-ring (bicyclic) bond motifs is 1. The lowest BCUT2D eigenvalue weighted by Crippen LogP contribution is -2.46. The zero-order valence-corrected chi connectivity index (χ0v) is 18.1. The monoisotopic (exact) mass is 439 g/mol. The van der Waals surface area contributed by atoms with Crippen LogP contribution in [0.3, 0.4) is 0 Å². The van der Waals surface area contributed by atoms with Crippen molar-refractivity contribution >= 4 is 17.7 Å². The minimum Gasteiger partial charge on any atom is -0.497 e. The third-order valence-electron chi connectivity index (χ3n) is 6.48. The Balaban J connectivity index is 1.16. The van der Waals surface area contributed by atoms with Gasteiger partial charge in [0.15, 0.2) is 0 Å². The number of rotatable bonds is 6. The number of hydrogen-bond donors (Lipinski definition) is 3. The molecule has 0 unspecified atom stereocenters. The standard InChI is InChI=1S/C23H29N5O4/c1-30-16-8-6-15(7-9-16)25-23(29)28-19-13-32-20-18(12-31-21(19)20)27-22-24-11-10-17(26-22)14-4-2-3-5-14/h6-11,14,18-21H,2-5,12-13H2,1H3,(H,24,26,27)(H2,25,28,29)/t18-,19+,20-,21+/m0/s1. The second-order valence-electron chi connectivity index (χ2n) is 8.57. The van der Waals surface area contributed by atoms with Gasteiger partial charge in [-0.05, 0) is 43.2 Å². The van der Waals surface area contributed by atoms with Gasteiger partial charge < -0.3 is 30.2 Å². The first-order valence-corrected chi connectivity index (χ1v) is 11.2. The molecule has 2 amide bonds. The van der Waals surface area contributed by atoms with E-state index in [4.69, 9.17) is 19.2 Å². The molecule has 1 aromatic carbocycles. The van der Waals surface area contributed by atoms with Gasteiger partial charge in [-0.2, -0.15) is 0 Å². The maximum absolute atomic E-state index is 12.4. The van der Waals surface area contributed by atoms with Crippen LogP contribution in [-0.4, -0.2) is 60.6 Å². The third kappa shape index (κ3) is 4.49. The predicted octanol–water partition coefficient (Wildman–Crippen LogP) is 2.91. The van der Waals surface area contributed by atoms with E-state index < -0.39 is 0 Å². The van der Waals surface area contributed by atoms with Crippen LogP contribution in [0.5, 0.6) is 5.75 Å². The Hall–Kier alpha value is -2.91. The highest BCUT2D eigenvalue weighted by atomic mass is 16.6. The van der Waals surface area contributed by atoms with Crippen LogP contribution in [0.25, 0.3) is 0 Å². The highest BCUT2D eigenvalue weighted by Crippen LogP contribution is 2.33. The molecule has 5 rings (SSSR count). The summed E-state index contributed by atoms with van der Waals surface area (Å²) < 4.78 is 17.1. The molecule has 170 valence electrons. The number of ether oxygens (including phenoxy) is 3. The Morgan fingerprint density at radius 2 is 1.75 bits per heavy atom. The molecule has 3 aliphatic rings. The van der Waals surface area contributed by atoms with Crippen LogP contribution < -0.4 is 20.7 Å². The van der Waals surface area contributed by atoms with Crippen LogP contribution in [0.15, 0.2) is 36.5 Å². The Kier molecular flexibility index (Phi) is 6.09. The van der Waals surface area contributed by atoms with Gasteiger partial charge in [0.2, 0.25) is 5.95 Å². The molecule has 0 radical (unpaired) electrons. The quantitative estimate of drug-likeness (QED) is 0.635. The van der Waals surface area contributed by atoms with Crippen molar-refractivity contribution in [3.8, 4) is 5.75 Å². The molecule has 1 aromatic heterocycles. The number of methoxy groups -OCH3 is 1. The second-order valence-corrected chi connectivity index (χ2v) is 8.57. The molecule has 3 heterocycles. The average Bonchev–Trinajstić information content (AvgIpc) is 3.55. The van der Waals surface area contributed by atoms with Crippen molar-refractivity contribution in [2.45, 2.75) is 55.9 Å². The number of carbonyl (C=O) groups is 1. The number of benzene rings is 1. The Morgan fingerprint density at radius 3 is 2.50 bits per heavy atom. The van der Waals surface area contributed by atoms with E-state index in [1.54, 1.807) is 31.4 Å². The van der Waals surface area contributed by atoms with Gasteiger partial charge in [-0.25, -0.2) is 14.8 Å². The van der Waals surface area contributed by atoms with Crippen LogP contribution in [0, 0.1) is 0 Å². The van der Waals surface area contributed by atoms with Gasteiger partial charge in [0.05, 0.1) is 32.4 Å². The molecular weight excluding hydrogens is 410 g/mol. The molecule has 9 heteroatoms. The summed E-state index contributed by atoms with van der Waals surface area (Å²) in [6.07, 6.45) is 6.37. The number of amides is 2. The molecule has 1 aliphatic carbocycles. The van der Waals surface area contributed by atoms with Gasteiger partial charge >= 0.3 is 6.03 Å². The van der Waals surface area contributed by atoms with E-state index in [9.17, 15) is 4.79 Å². The van der Waals surface area contributed by atoms with Gasteiger partial charge in [0.25, 0.3) is 0 Å². The van der Waals surface area contributed by atoms with E-state index >= 15 is 0 Å². The summed E-state index contributed by atoms with van der Waals surface area (Å²) >= 11 is 0. The summed E-state index contributed by atoms with van der Waals surface area (Å²) in [6, 6.07) is 8.61. The zero-order valence-electron chi connectivity index (χ0n) is 18.1. The number of nitrogens with zero attached hydrogens (tertiary/aromatic N) is 2. The van der Waals surface area contributed by atoms with Crippen molar-refractivity contribution in [3.05, 3.63) is 42.2 Å². The first kappa shape index (κ1) is 21.0. The van der Waals surface area contributed by atoms with E-state index in [1.165, 1.54) is 25.7 Å². The van der Waals surface area contributed by atoms with Crippen molar-refractivity contribution < 1.29 is 19.0 Å². The molecule has 1 saturated carbocycles. The fourth-order valence-electron chi connectivity index (χ4n) is 4.81. The summed E-state index contributed by atoms with van der Waals surface area (Å²) in [5, 5.41) is 9.19. The molecule has 2 saturated heterocycles. The number of hydrogen-bond acceptors (Lipinski definition) is 7. The molecule has 4 atom stereocenters. The van der Waals surface area contributed by atoms with Crippen LogP contribution in [0.1, 0.15) is 37.3 Å². The molecule has 2 aromatic rings. The molecule has 9 nitrogen and oxygen atoms in total. The molecular formula is C23H29N5O4. The van der Waals surface area contributed by atoms with Gasteiger partial charge in [-0.15, -0.1) is 0 Å². The maximum atomic E-state index is 12.4. The fraction of sp³-hybridized carbons (Fsp3) is 0.522. The molecule has 32 heavy (non-hydrogen) atoms. The van der Waals surface area contributed by atoms with E-state index in [2.05, 4.69) is 20.9 Å². The Morgan fingerprint density at radius 1 is 1.03 bits per heavy atom. The molecule has 3 N–H and O–H groups in total. The topological polar surface area (TPSA) is 107 Å². The first-order chi connectivity index (χ1) is 15.7. The Bertz CT molecular complexity index is 934. The van der Waals surface area contributed by atoms with Crippen molar-refractivity contribution in [1.82, 2.24) is 15.3 Å². The summed E-state index contributed by atoms with van der Waals surface area (Å²) in [5.74, 6) is 1.88. The second kappa shape index (κ2) is 9.30. The highest BCUT2D eigenvalue weighted by molar-refractivity contribution is 5.89. The number of anilines is 2. The van der Waals surface area contributed by atoms with E-state index in [1.807, 2.05) is 12.3 Å². The van der Waals surface area contributed by atoms with Crippen LogP contribution >= 0.6 is 0 Å². The lowest BCUT2D eigenvalue weighted by molar-refractivity contribution is 0.0683. The summed E-state index contributed by atoms with van der Waals surface area (Å²) in [7, 11) is 1.61. The van der Waals surface area contributed by atoms with Crippen molar-refractivity contribution in [2.75, 3.05) is 31.0 Å². The molecule has 3 fully saturated rings. The fourth-order valence-corrected chi connectivity index (χ4v) is 4.81. The van der Waals surface area contributed by atoms with Crippen molar-refractivity contribution in [2.24, 2.45) is 0 Å². The zero-order chi connectivity index (χ0) is 21.9. The lowest BCUT2D eigenvalue weighted by Gasteiger charge is -2.19. The van der Waals surface area contributed by atoms with Crippen LogP contribution in [0.4, 0.5) is 16.4 Å². The van der Waals surface area contributed by atoms with Gasteiger partial charge in [-0.1, -0.05) is 12.8 Å². The molecule has 2 aliphatic heterocycles. The smallest absolute Gasteiger partial charge is 0.319 e. The van der Waals surface area contributed by atoms with Crippen molar-refractivity contribution in [1.29, 1.82) is 0 Å². The molecule has 0 bridgehead atoms. The van der Waals surface area contributed by atoms with E-state index in [0.29, 0.717) is 30.8 Å². The number of carbonyl (C=O) groups excluding carboxylic acids is 1. The normalized spacial score (nSPS) is 27.2. The van der Waals surface area contributed by atoms with Gasteiger partial charge in [0.1, 0.15) is 18.0 Å². The summed E-state index contributed by atoms with van der Waals surface area (Å²) in [6.45, 7) is 0.872. The minimum atomic E-state index is -0.294. The third-order valence-corrected chi connectivity index (χ3v) is 6.48. The van der Waals surface area contributed by atoms with E-state index in [-0.39, 0.29) is 30.3 Å². The highest BCUT2D eigenvalue weighted by Gasteiger charge is 2.48. The van der Waals surface area contributed by atoms with Crippen LogP contribution in [0.2, 0.25) is 0 Å². The van der Waals surface area contributed by atoms with E-state index in [0.717, 1.165) is 11.4 Å². The molecule has 0 spiro atoms. The van der Waals surface area contributed by atoms with Crippen LogP contribution in [-0.2, 0) is 9.47 Å². The van der Waals surface area contributed by atoms with Crippen molar-refractivity contribution in [3.63, 3.8) is 0 Å². The largest absolute Gasteiger partial charge is 0.497 e. The van der Waals surface area contributed by atoms with Gasteiger partial charge in [-0.3, -0.25) is 0 Å². The maximum Gasteiger partial charge on any atom is 0.319 e. The SMILES string of the molecule is COc1ccc(NC(=O)N[C@@H]2CO[C@@H]3[C@@H]2OC[C@@H]3Nc2nccc(C3CCCC3)n2)cc1. The average molecular weight is 440 g/mol. The Labute approximate surface area is 187 Å². The first-order valence-electron chi connectivity index (χ1n) is 11.2. The summed E-state index contributed by atoms with van der Waals surface area (Å²) in [5.41, 5.74) is 1.79. The number of aromatic nitrogens is 2. The minimum absolute atomic E-state index is 0.0599. The summed E-state index contributed by atoms with van der Waals surface area (Å²) in [4.78, 5) is 21.6. The predicted molar refractivity (Wildman–Crippen MR) is 119 cm³/mol. The number of nitrogens with one attached hydrogen (secondary N) is 3. The van der Waals surface area contributed by atoms with Gasteiger partial charge in [0, 0.05) is 23.5 Å². The lowest BCUT2D eigenvalue weighted by atomic mass is 10.0.